The van der Waals surface area contributed by atoms with Crippen LogP contribution in [0.25, 0.3) is 0 Å². The van der Waals surface area contributed by atoms with Crippen molar-refractivity contribution < 1.29 is 45.7 Å². The van der Waals surface area contributed by atoms with E-state index in [-0.39, 0.29) is 24.8 Å². The maximum atomic E-state index is 2.53. The van der Waals surface area contributed by atoms with Crippen LogP contribution in [0.2, 0.25) is 0 Å². The number of allylic oxidation sites excluding steroid dienone is 8. The van der Waals surface area contributed by atoms with E-state index in [1.165, 1.54) is 5.57 Å². The largest absolute Gasteiger partial charge is 1.00 e. The molecule has 0 N–H and O–H groups in total. The van der Waals surface area contributed by atoms with Crippen LogP contribution in [0, 0.1) is 11.8 Å². The molecule has 2 aliphatic rings. The monoisotopic (exact) mass is 557 g/mol. The Bertz CT molecular complexity index is 1030. The molecule has 2 aliphatic carbocycles. The SMILES string of the molecule is CC1=CC(C)[C]([Zr+2]([C]2=C(C)C=C(C)C2C)[SiH](c2ccccc2)c2ccccc2)=C1C.[Cl-].[Cl-]. The molecule has 0 saturated heterocycles. The van der Waals surface area contributed by atoms with E-state index in [0.29, 0.717) is 11.8 Å². The van der Waals surface area contributed by atoms with Gasteiger partial charge in [0.25, 0.3) is 0 Å². The average Bonchev–Trinajstić information content (AvgIpc) is 3.14. The van der Waals surface area contributed by atoms with Gasteiger partial charge in [0.1, 0.15) is 0 Å². The van der Waals surface area contributed by atoms with Gasteiger partial charge in [-0.2, -0.15) is 0 Å². The van der Waals surface area contributed by atoms with Crippen LogP contribution >= 0.6 is 0 Å². The van der Waals surface area contributed by atoms with E-state index in [4.69, 9.17) is 0 Å². The molecular weight excluding hydrogens is 527 g/mol. The Labute approximate surface area is 215 Å². The zero-order chi connectivity index (χ0) is 21.4. The number of halogens is 2. The summed E-state index contributed by atoms with van der Waals surface area (Å²) in [5.41, 5.74) is 6.26. The summed E-state index contributed by atoms with van der Waals surface area (Å²) in [4.78, 5) is 0. The minimum Gasteiger partial charge on any atom is -1.00 e. The van der Waals surface area contributed by atoms with Crippen molar-refractivity contribution in [3.05, 3.63) is 102 Å². The fraction of sp³-hybridized carbons (Fsp3) is 0.286. The molecule has 0 fully saturated rings. The van der Waals surface area contributed by atoms with Gasteiger partial charge in [-0.15, -0.1) is 0 Å². The third kappa shape index (κ3) is 5.10. The van der Waals surface area contributed by atoms with Gasteiger partial charge >= 0.3 is 192 Å². The molecule has 0 aliphatic heterocycles. The third-order valence-corrected chi connectivity index (χ3v) is 29.5. The van der Waals surface area contributed by atoms with Gasteiger partial charge in [0, 0.05) is 0 Å². The van der Waals surface area contributed by atoms with Crippen molar-refractivity contribution in [2.24, 2.45) is 11.8 Å². The summed E-state index contributed by atoms with van der Waals surface area (Å²) in [6.07, 6.45) is 5.01. The van der Waals surface area contributed by atoms with Crippen LogP contribution in [0.4, 0.5) is 0 Å². The molecule has 0 bridgehead atoms. The maximum Gasteiger partial charge on any atom is -1.00 e. The fourth-order valence-corrected chi connectivity index (χ4v) is 32.8. The normalized spacial score (nSPS) is 20.1. The summed E-state index contributed by atoms with van der Waals surface area (Å²) in [7, 11) is 0. The van der Waals surface area contributed by atoms with E-state index in [0.717, 1.165) is 0 Å². The zero-order valence-electron chi connectivity index (χ0n) is 19.9. The van der Waals surface area contributed by atoms with Crippen molar-refractivity contribution in [3.8, 4) is 0 Å². The number of rotatable bonds is 5. The first-order valence-electron chi connectivity index (χ1n) is 11.2. The quantitative estimate of drug-likeness (QED) is 0.449. The summed E-state index contributed by atoms with van der Waals surface area (Å²) in [5.74, 6) is -0.166. The molecule has 2 aromatic carbocycles. The van der Waals surface area contributed by atoms with E-state index in [1.54, 1.807) is 27.1 Å². The summed E-state index contributed by atoms with van der Waals surface area (Å²) in [5, 5.41) is 3.26. The molecule has 167 valence electrons. The first kappa shape index (κ1) is 27.3. The summed E-state index contributed by atoms with van der Waals surface area (Å²) in [6.45, 7) is 14.4. The standard InChI is InChI=1S/C12H11Si.2C8H11.2ClH.Zr/c1-3-7-11(8-4-1)13-12-9-5-2-6-10-12;2*1-6-4-7(2)8(3)5-6;;;/h1-10,13H;4,8H,1-3H3;4,6H,1-3H3;2*1H;/q;;;;;+2/p-2. The van der Waals surface area contributed by atoms with Crippen LogP contribution in [-0.2, 0) is 20.9 Å². The van der Waals surface area contributed by atoms with Crippen LogP contribution in [0.15, 0.2) is 102 Å². The number of hydrogen-bond donors (Lipinski definition) is 0. The van der Waals surface area contributed by atoms with Crippen LogP contribution in [-0.4, -0.2) is 5.92 Å². The van der Waals surface area contributed by atoms with Gasteiger partial charge in [-0.1, -0.05) is 0 Å². The second kappa shape index (κ2) is 11.5. The van der Waals surface area contributed by atoms with E-state index in [2.05, 4.69) is 114 Å². The average molecular weight is 560 g/mol. The van der Waals surface area contributed by atoms with Crippen LogP contribution in [0.1, 0.15) is 41.5 Å². The molecule has 0 aromatic heterocycles. The molecule has 0 radical (unpaired) electrons. The number of benzene rings is 2. The summed E-state index contributed by atoms with van der Waals surface area (Å²) in [6, 6.07) is 23.1. The van der Waals surface area contributed by atoms with Crippen LogP contribution in [0.3, 0.4) is 0 Å². The second-order valence-corrected chi connectivity index (χ2v) is 23.6. The van der Waals surface area contributed by atoms with Crippen molar-refractivity contribution in [1.82, 2.24) is 0 Å². The van der Waals surface area contributed by atoms with Crippen LogP contribution < -0.4 is 35.2 Å². The van der Waals surface area contributed by atoms with E-state index >= 15 is 0 Å². The van der Waals surface area contributed by atoms with Gasteiger partial charge in [-0.3, -0.25) is 0 Å². The Morgan fingerprint density at radius 1 is 0.719 bits per heavy atom. The number of hydrogen-bond acceptors (Lipinski definition) is 0. The fourth-order valence-electron chi connectivity index (χ4n) is 5.42. The molecule has 0 spiro atoms. The molecule has 4 rings (SSSR count). The minimum absolute atomic E-state index is 0. The molecule has 4 heteroatoms. The Morgan fingerprint density at radius 3 is 1.59 bits per heavy atom. The first-order valence-corrected chi connectivity index (χ1v) is 19.6. The zero-order valence-corrected chi connectivity index (χ0v) is 25.0. The van der Waals surface area contributed by atoms with Gasteiger partial charge < -0.3 is 24.8 Å². The van der Waals surface area contributed by atoms with Crippen molar-refractivity contribution in [3.63, 3.8) is 0 Å². The molecular formula is C28H33Cl2SiZr. The van der Waals surface area contributed by atoms with Crippen molar-refractivity contribution in [1.29, 1.82) is 0 Å². The van der Waals surface area contributed by atoms with Gasteiger partial charge in [-0.25, -0.2) is 0 Å². The summed E-state index contributed by atoms with van der Waals surface area (Å²) >= 11 is -2.22. The molecule has 0 amide bonds. The Kier molecular flexibility index (Phi) is 9.80. The van der Waals surface area contributed by atoms with Gasteiger partial charge in [-0.05, 0) is 0 Å². The Balaban J connectivity index is 0.00000181. The molecule has 0 nitrogen and oxygen atoms in total. The molecule has 0 heterocycles. The Hall–Kier alpha value is -0.920. The summed E-state index contributed by atoms with van der Waals surface area (Å²) < 4.78 is 3.73. The van der Waals surface area contributed by atoms with Crippen molar-refractivity contribution in [2.45, 2.75) is 41.5 Å². The second-order valence-electron chi connectivity index (χ2n) is 9.05. The molecule has 2 atom stereocenters. The van der Waals surface area contributed by atoms with Gasteiger partial charge in [0.15, 0.2) is 0 Å². The van der Waals surface area contributed by atoms with E-state index < -0.39 is 26.8 Å². The smallest absolute Gasteiger partial charge is 1.00 e. The van der Waals surface area contributed by atoms with Crippen molar-refractivity contribution in [2.75, 3.05) is 0 Å². The molecule has 2 aromatic rings. The van der Waals surface area contributed by atoms with Gasteiger partial charge in [0.05, 0.1) is 0 Å². The molecule has 2 unspecified atom stereocenters. The first-order chi connectivity index (χ1) is 14.4. The topological polar surface area (TPSA) is 0 Å². The van der Waals surface area contributed by atoms with Crippen LogP contribution in [0.5, 0.6) is 0 Å². The third-order valence-electron chi connectivity index (χ3n) is 7.07. The maximum absolute atomic E-state index is 2.53. The van der Waals surface area contributed by atoms with Crippen molar-refractivity contribution >= 4 is 16.3 Å². The molecule has 0 saturated carbocycles. The van der Waals surface area contributed by atoms with E-state index in [9.17, 15) is 0 Å². The predicted molar refractivity (Wildman–Crippen MR) is 131 cm³/mol. The Morgan fingerprint density at radius 2 is 1.22 bits per heavy atom. The predicted octanol–water partition coefficient (Wildman–Crippen LogP) is -0.109. The van der Waals surface area contributed by atoms with E-state index in [1.807, 2.05) is 6.56 Å². The van der Waals surface area contributed by atoms with Gasteiger partial charge in [0.2, 0.25) is 0 Å². The molecule has 32 heavy (non-hydrogen) atoms. The minimum atomic E-state index is -2.22.